The number of hydrogen-bond donors (Lipinski definition) is 1. The van der Waals surface area contributed by atoms with Crippen LogP contribution in [0, 0.1) is 0 Å². The van der Waals surface area contributed by atoms with Crippen LogP contribution >= 0.6 is 0 Å². The van der Waals surface area contributed by atoms with E-state index in [4.69, 9.17) is 0 Å². The molecule has 0 unspecified atom stereocenters. The van der Waals surface area contributed by atoms with Crippen molar-refractivity contribution in [3.63, 3.8) is 0 Å². The van der Waals surface area contributed by atoms with Crippen LogP contribution in [0.1, 0.15) is 57.4 Å². The van der Waals surface area contributed by atoms with Crippen LogP contribution in [0.5, 0.6) is 5.75 Å². The number of aromatic hydroxyl groups is 1. The maximum absolute atomic E-state index is 9.35. The van der Waals surface area contributed by atoms with Gasteiger partial charge in [-0.3, -0.25) is 0 Å². The van der Waals surface area contributed by atoms with Crippen molar-refractivity contribution in [2.24, 2.45) is 0 Å². The first-order valence-electron chi connectivity index (χ1n) is 7.77. The molecule has 0 aliphatic heterocycles. The van der Waals surface area contributed by atoms with E-state index >= 15 is 0 Å². The predicted molar refractivity (Wildman–Crippen MR) is 80.6 cm³/mol. The molecule has 2 rings (SSSR count). The molecule has 1 saturated carbocycles. The van der Waals surface area contributed by atoms with Gasteiger partial charge < -0.3 is 10.0 Å². The minimum absolute atomic E-state index is 0.373. The Hall–Kier alpha value is -1.02. The summed E-state index contributed by atoms with van der Waals surface area (Å²) in [5.41, 5.74) is 1.40. The molecule has 0 amide bonds. The molecule has 1 aliphatic carbocycles. The van der Waals surface area contributed by atoms with E-state index in [2.05, 4.69) is 30.9 Å². The molecule has 1 N–H and O–H groups in total. The minimum Gasteiger partial charge on any atom is -0.508 e. The Morgan fingerprint density at radius 1 is 1.05 bits per heavy atom. The Balaban J connectivity index is 1.89. The summed E-state index contributed by atoms with van der Waals surface area (Å²) < 4.78 is 0. The minimum atomic E-state index is 0.373. The number of benzene rings is 1. The molecule has 2 heteroatoms. The van der Waals surface area contributed by atoms with Crippen molar-refractivity contribution < 1.29 is 5.11 Å². The summed E-state index contributed by atoms with van der Waals surface area (Å²) in [6.07, 6.45) is 6.47. The van der Waals surface area contributed by atoms with Crippen molar-refractivity contribution in [3.05, 3.63) is 29.8 Å². The standard InChI is InChI=1S/C17H27NO/c1-3-13-18(4-2)16-9-5-14(6-10-16)15-7-11-17(19)12-8-15/h7-8,11-12,14,16,19H,3-6,9-10,13H2,1-2H3. The molecule has 0 atom stereocenters. The summed E-state index contributed by atoms with van der Waals surface area (Å²) in [4.78, 5) is 2.65. The summed E-state index contributed by atoms with van der Waals surface area (Å²) in [7, 11) is 0. The van der Waals surface area contributed by atoms with Gasteiger partial charge in [0.15, 0.2) is 0 Å². The smallest absolute Gasteiger partial charge is 0.115 e. The summed E-state index contributed by atoms with van der Waals surface area (Å²) in [6.45, 7) is 6.97. The molecule has 0 heterocycles. The van der Waals surface area contributed by atoms with Gasteiger partial charge in [-0.25, -0.2) is 0 Å². The second-order valence-corrected chi connectivity index (χ2v) is 5.73. The van der Waals surface area contributed by atoms with E-state index < -0.39 is 0 Å². The SMILES string of the molecule is CCCN(CC)C1CCC(c2ccc(O)cc2)CC1. The lowest BCUT2D eigenvalue weighted by Gasteiger charge is -2.36. The fourth-order valence-corrected chi connectivity index (χ4v) is 3.41. The van der Waals surface area contributed by atoms with Gasteiger partial charge in [0.05, 0.1) is 0 Å². The van der Waals surface area contributed by atoms with Crippen molar-refractivity contribution in [3.8, 4) is 5.75 Å². The predicted octanol–water partition coefficient (Wildman–Crippen LogP) is 4.15. The lowest BCUT2D eigenvalue weighted by Crippen LogP contribution is -2.38. The maximum Gasteiger partial charge on any atom is 0.115 e. The first-order chi connectivity index (χ1) is 9.24. The van der Waals surface area contributed by atoms with Crippen LogP contribution in [0.2, 0.25) is 0 Å². The van der Waals surface area contributed by atoms with Crippen LogP contribution in [0.15, 0.2) is 24.3 Å². The maximum atomic E-state index is 9.35. The van der Waals surface area contributed by atoms with E-state index in [1.54, 1.807) is 0 Å². The van der Waals surface area contributed by atoms with Gasteiger partial charge in [0, 0.05) is 6.04 Å². The van der Waals surface area contributed by atoms with Gasteiger partial charge in [0.1, 0.15) is 5.75 Å². The highest BCUT2D eigenvalue weighted by Gasteiger charge is 2.25. The first-order valence-corrected chi connectivity index (χ1v) is 7.77. The Morgan fingerprint density at radius 2 is 1.68 bits per heavy atom. The summed E-state index contributed by atoms with van der Waals surface area (Å²) in [5, 5.41) is 9.35. The summed E-state index contributed by atoms with van der Waals surface area (Å²) in [5.74, 6) is 1.06. The van der Waals surface area contributed by atoms with Gasteiger partial charge in [-0.2, -0.15) is 0 Å². The van der Waals surface area contributed by atoms with Crippen LogP contribution < -0.4 is 0 Å². The summed E-state index contributed by atoms with van der Waals surface area (Å²) >= 11 is 0. The molecule has 1 aliphatic rings. The van der Waals surface area contributed by atoms with E-state index in [9.17, 15) is 5.11 Å². The molecule has 1 aromatic rings. The van der Waals surface area contributed by atoms with Gasteiger partial charge in [-0.1, -0.05) is 26.0 Å². The topological polar surface area (TPSA) is 23.5 Å². The van der Waals surface area contributed by atoms with Crippen molar-refractivity contribution in [2.45, 2.75) is 57.9 Å². The Kier molecular flexibility index (Phi) is 5.26. The zero-order valence-corrected chi connectivity index (χ0v) is 12.3. The van der Waals surface area contributed by atoms with E-state index in [0.717, 1.165) is 6.04 Å². The van der Waals surface area contributed by atoms with Gasteiger partial charge >= 0.3 is 0 Å². The van der Waals surface area contributed by atoms with Crippen LogP contribution in [0.25, 0.3) is 0 Å². The summed E-state index contributed by atoms with van der Waals surface area (Å²) in [6, 6.07) is 8.60. The molecule has 2 nitrogen and oxygen atoms in total. The molecule has 106 valence electrons. The second-order valence-electron chi connectivity index (χ2n) is 5.73. The third-order valence-corrected chi connectivity index (χ3v) is 4.49. The Morgan fingerprint density at radius 3 is 2.21 bits per heavy atom. The van der Waals surface area contributed by atoms with Crippen LogP contribution in [0.3, 0.4) is 0 Å². The fraction of sp³-hybridized carbons (Fsp3) is 0.647. The number of phenols is 1. The zero-order valence-electron chi connectivity index (χ0n) is 12.3. The van der Waals surface area contributed by atoms with Gasteiger partial charge in [0.25, 0.3) is 0 Å². The molecule has 19 heavy (non-hydrogen) atoms. The second kappa shape index (κ2) is 6.95. The van der Waals surface area contributed by atoms with Gasteiger partial charge in [-0.15, -0.1) is 0 Å². The lowest BCUT2D eigenvalue weighted by atomic mass is 9.81. The Bertz CT molecular complexity index is 365. The highest BCUT2D eigenvalue weighted by molar-refractivity contribution is 5.28. The molecular weight excluding hydrogens is 234 g/mol. The number of rotatable bonds is 5. The van der Waals surface area contributed by atoms with Gasteiger partial charge in [0.2, 0.25) is 0 Å². The van der Waals surface area contributed by atoms with Crippen LogP contribution in [0.4, 0.5) is 0 Å². The molecule has 0 bridgehead atoms. The largest absolute Gasteiger partial charge is 0.508 e. The molecule has 1 aromatic carbocycles. The highest BCUT2D eigenvalue weighted by Crippen LogP contribution is 2.35. The lowest BCUT2D eigenvalue weighted by molar-refractivity contribution is 0.156. The molecule has 1 fully saturated rings. The number of hydrogen-bond acceptors (Lipinski definition) is 2. The van der Waals surface area contributed by atoms with Gasteiger partial charge in [-0.05, 0) is 68.8 Å². The first kappa shape index (κ1) is 14.4. The van der Waals surface area contributed by atoms with E-state index in [0.29, 0.717) is 11.7 Å². The van der Waals surface area contributed by atoms with Crippen molar-refractivity contribution in [1.82, 2.24) is 4.90 Å². The van der Waals surface area contributed by atoms with E-state index in [1.165, 1.54) is 50.8 Å². The highest BCUT2D eigenvalue weighted by atomic mass is 16.3. The van der Waals surface area contributed by atoms with Crippen molar-refractivity contribution in [2.75, 3.05) is 13.1 Å². The van der Waals surface area contributed by atoms with Crippen molar-refractivity contribution in [1.29, 1.82) is 0 Å². The van der Waals surface area contributed by atoms with E-state index in [1.807, 2.05) is 12.1 Å². The molecule has 0 radical (unpaired) electrons. The van der Waals surface area contributed by atoms with Crippen LogP contribution in [-0.2, 0) is 0 Å². The average Bonchev–Trinajstić information content (AvgIpc) is 2.46. The third-order valence-electron chi connectivity index (χ3n) is 4.49. The van der Waals surface area contributed by atoms with E-state index in [-0.39, 0.29) is 0 Å². The average molecular weight is 261 g/mol. The molecular formula is C17H27NO. The molecule has 0 aromatic heterocycles. The Labute approximate surface area is 117 Å². The molecule has 0 saturated heterocycles. The monoisotopic (exact) mass is 261 g/mol. The quantitative estimate of drug-likeness (QED) is 0.860. The normalized spacial score (nSPS) is 23.7. The number of nitrogens with zero attached hydrogens (tertiary/aromatic N) is 1. The fourth-order valence-electron chi connectivity index (χ4n) is 3.41. The van der Waals surface area contributed by atoms with Crippen LogP contribution in [-0.4, -0.2) is 29.1 Å². The molecule has 0 spiro atoms. The zero-order chi connectivity index (χ0) is 13.7. The number of phenolic OH excluding ortho intramolecular Hbond substituents is 1. The van der Waals surface area contributed by atoms with Crippen molar-refractivity contribution >= 4 is 0 Å². The third kappa shape index (κ3) is 3.73.